The molecule has 2 rings (SSSR count). The number of aryl methyl sites for hydroxylation is 1. The zero-order valence-corrected chi connectivity index (χ0v) is 13.6. The number of rotatable bonds is 3. The maximum absolute atomic E-state index is 11.8. The third-order valence-electron chi connectivity index (χ3n) is 3.57. The molecule has 1 aromatic carbocycles. The number of hydrogen-bond acceptors (Lipinski definition) is 4. The quantitative estimate of drug-likeness (QED) is 0.510. The first-order chi connectivity index (χ1) is 11.4. The molecule has 0 fully saturated rings. The van der Waals surface area contributed by atoms with Gasteiger partial charge in [-0.05, 0) is 32.0 Å². The molecule has 0 radical (unpaired) electrons. The lowest BCUT2D eigenvalue weighted by molar-refractivity contribution is -0.136. The van der Waals surface area contributed by atoms with Gasteiger partial charge in [0.25, 0.3) is 0 Å². The third-order valence-corrected chi connectivity index (χ3v) is 3.57. The Bertz CT molecular complexity index is 841. The summed E-state index contributed by atoms with van der Waals surface area (Å²) in [5.41, 5.74) is 5.74. The van der Waals surface area contributed by atoms with Gasteiger partial charge in [-0.2, -0.15) is 10.4 Å². The minimum Gasteiger partial charge on any atom is -0.339 e. The predicted molar refractivity (Wildman–Crippen MR) is 90.4 cm³/mol. The van der Waals surface area contributed by atoms with Gasteiger partial charge in [0.1, 0.15) is 11.8 Å². The number of carbonyl (C=O) groups is 2. The molecule has 0 saturated heterocycles. The van der Waals surface area contributed by atoms with E-state index in [9.17, 15) is 9.59 Å². The minimum atomic E-state index is -0.874. The standard InChI is InChI=1S/C17H17N5O2/c1-11-4-6-14(7-5-11)20-16(23)17(24)21-19-10-13-8-15(9-18)22(3)12(13)2/h4-8,10H,1-3H3,(H,20,23)(H,21,24)/b19-10-. The van der Waals surface area contributed by atoms with E-state index in [1.807, 2.05) is 26.0 Å². The topological polar surface area (TPSA) is 99.3 Å². The van der Waals surface area contributed by atoms with E-state index >= 15 is 0 Å². The van der Waals surface area contributed by atoms with Gasteiger partial charge in [-0.25, -0.2) is 5.43 Å². The van der Waals surface area contributed by atoms with Crippen molar-refractivity contribution in [3.05, 3.63) is 52.8 Å². The Labute approximate surface area is 139 Å². The number of aromatic nitrogens is 1. The first-order valence-electron chi connectivity index (χ1n) is 7.20. The van der Waals surface area contributed by atoms with Gasteiger partial charge in [-0.15, -0.1) is 0 Å². The fourth-order valence-electron chi connectivity index (χ4n) is 2.00. The molecule has 2 N–H and O–H groups in total. The molecule has 122 valence electrons. The van der Waals surface area contributed by atoms with E-state index in [-0.39, 0.29) is 0 Å². The molecule has 0 aliphatic rings. The van der Waals surface area contributed by atoms with Crippen molar-refractivity contribution in [2.45, 2.75) is 13.8 Å². The van der Waals surface area contributed by atoms with Gasteiger partial charge in [0, 0.05) is 24.0 Å². The Kier molecular flexibility index (Phi) is 5.12. The van der Waals surface area contributed by atoms with Crippen molar-refractivity contribution in [2.24, 2.45) is 12.1 Å². The number of hydrazone groups is 1. The minimum absolute atomic E-state index is 0.484. The Hall–Kier alpha value is -3.40. The summed E-state index contributed by atoms with van der Waals surface area (Å²) in [6.45, 7) is 3.75. The smallest absolute Gasteiger partial charge is 0.329 e. The van der Waals surface area contributed by atoms with E-state index in [0.717, 1.165) is 11.3 Å². The van der Waals surface area contributed by atoms with Gasteiger partial charge < -0.3 is 9.88 Å². The highest BCUT2D eigenvalue weighted by Gasteiger charge is 2.13. The van der Waals surface area contributed by atoms with Crippen LogP contribution in [0.2, 0.25) is 0 Å². The Morgan fingerprint density at radius 2 is 1.88 bits per heavy atom. The van der Waals surface area contributed by atoms with E-state index in [0.29, 0.717) is 16.9 Å². The van der Waals surface area contributed by atoms with E-state index in [1.165, 1.54) is 6.21 Å². The fourth-order valence-corrected chi connectivity index (χ4v) is 2.00. The van der Waals surface area contributed by atoms with E-state index in [4.69, 9.17) is 5.26 Å². The molecule has 1 heterocycles. The summed E-state index contributed by atoms with van der Waals surface area (Å²) >= 11 is 0. The van der Waals surface area contributed by atoms with Crippen LogP contribution in [0.4, 0.5) is 5.69 Å². The lowest BCUT2D eigenvalue weighted by Gasteiger charge is -2.04. The summed E-state index contributed by atoms with van der Waals surface area (Å²) in [7, 11) is 1.76. The number of anilines is 1. The number of hydrogen-bond donors (Lipinski definition) is 2. The maximum atomic E-state index is 11.8. The summed E-state index contributed by atoms with van der Waals surface area (Å²) in [4.78, 5) is 23.5. The van der Waals surface area contributed by atoms with Crippen LogP contribution in [0.5, 0.6) is 0 Å². The Morgan fingerprint density at radius 1 is 1.21 bits per heavy atom. The third kappa shape index (κ3) is 3.87. The van der Waals surface area contributed by atoms with Crippen LogP contribution in [-0.2, 0) is 16.6 Å². The van der Waals surface area contributed by atoms with Crippen LogP contribution >= 0.6 is 0 Å². The molecule has 2 aromatic rings. The number of benzene rings is 1. The fraction of sp³-hybridized carbons (Fsp3) is 0.176. The summed E-state index contributed by atoms with van der Waals surface area (Å²) in [5, 5.41) is 15.2. The van der Waals surface area contributed by atoms with Crippen molar-refractivity contribution in [3.63, 3.8) is 0 Å². The van der Waals surface area contributed by atoms with Crippen molar-refractivity contribution in [1.29, 1.82) is 5.26 Å². The number of carbonyl (C=O) groups excluding carboxylic acids is 2. The molecule has 1 aromatic heterocycles. The van der Waals surface area contributed by atoms with Gasteiger partial charge in [0.2, 0.25) is 0 Å². The molecule has 2 amide bonds. The van der Waals surface area contributed by atoms with Crippen LogP contribution < -0.4 is 10.7 Å². The van der Waals surface area contributed by atoms with Crippen LogP contribution in [0.15, 0.2) is 35.4 Å². The van der Waals surface area contributed by atoms with Crippen LogP contribution in [0.1, 0.15) is 22.5 Å². The first-order valence-corrected chi connectivity index (χ1v) is 7.20. The largest absolute Gasteiger partial charge is 0.339 e. The molecular formula is C17H17N5O2. The number of nitrogens with one attached hydrogen (secondary N) is 2. The number of nitrogens with zero attached hydrogens (tertiary/aromatic N) is 3. The van der Waals surface area contributed by atoms with Gasteiger partial charge in [-0.3, -0.25) is 9.59 Å². The Morgan fingerprint density at radius 3 is 2.46 bits per heavy atom. The second-order valence-corrected chi connectivity index (χ2v) is 5.26. The zero-order chi connectivity index (χ0) is 17.7. The number of amides is 2. The molecule has 7 nitrogen and oxygen atoms in total. The molecule has 0 saturated carbocycles. The van der Waals surface area contributed by atoms with Gasteiger partial charge in [-0.1, -0.05) is 17.7 Å². The monoisotopic (exact) mass is 323 g/mol. The van der Waals surface area contributed by atoms with Gasteiger partial charge in [0.15, 0.2) is 0 Å². The van der Waals surface area contributed by atoms with E-state index in [2.05, 4.69) is 21.9 Å². The molecule has 0 aliphatic heterocycles. The normalized spacial score (nSPS) is 10.4. The second-order valence-electron chi connectivity index (χ2n) is 5.26. The summed E-state index contributed by atoms with van der Waals surface area (Å²) in [6.07, 6.45) is 1.40. The lowest BCUT2D eigenvalue weighted by Crippen LogP contribution is -2.32. The second kappa shape index (κ2) is 7.24. The van der Waals surface area contributed by atoms with Gasteiger partial charge in [0.05, 0.1) is 6.21 Å². The van der Waals surface area contributed by atoms with Crippen LogP contribution in [0, 0.1) is 25.2 Å². The van der Waals surface area contributed by atoms with Crippen molar-refractivity contribution >= 4 is 23.7 Å². The van der Waals surface area contributed by atoms with Crippen LogP contribution in [0.25, 0.3) is 0 Å². The highest BCUT2D eigenvalue weighted by atomic mass is 16.2. The summed E-state index contributed by atoms with van der Waals surface area (Å²) in [5.74, 6) is -1.68. The molecule has 24 heavy (non-hydrogen) atoms. The molecule has 0 aliphatic carbocycles. The van der Waals surface area contributed by atoms with Crippen LogP contribution in [0.3, 0.4) is 0 Å². The van der Waals surface area contributed by atoms with Gasteiger partial charge >= 0.3 is 11.8 Å². The van der Waals surface area contributed by atoms with Crippen LogP contribution in [-0.4, -0.2) is 22.6 Å². The highest BCUT2D eigenvalue weighted by molar-refractivity contribution is 6.39. The maximum Gasteiger partial charge on any atom is 0.329 e. The average Bonchev–Trinajstić information content (AvgIpc) is 2.84. The van der Waals surface area contributed by atoms with Crippen molar-refractivity contribution in [1.82, 2.24) is 9.99 Å². The molecule has 0 unspecified atom stereocenters. The summed E-state index contributed by atoms with van der Waals surface area (Å²) < 4.78 is 1.72. The highest BCUT2D eigenvalue weighted by Crippen LogP contribution is 2.11. The zero-order valence-electron chi connectivity index (χ0n) is 13.6. The summed E-state index contributed by atoms with van der Waals surface area (Å²) in [6, 6.07) is 10.8. The molecule has 0 spiro atoms. The van der Waals surface area contributed by atoms with E-state index in [1.54, 1.807) is 29.8 Å². The molecule has 0 atom stereocenters. The first kappa shape index (κ1) is 17.0. The van der Waals surface area contributed by atoms with Crippen molar-refractivity contribution < 1.29 is 9.59 Å². The molecule has 7 heteroatoms. The van der Waals surface area contributed by atoms with E-state index < -0.39 is 11.8 Å². The number of nitriles is 1. The lowest BCUT2D eigenvalue weighted by atomic mass is 10.2. The predicted octanol–water partition coefficient (Wildman–Crippen LogP) is 1.60. The molecular weight excluding hydrogens is 306 g/mol. The SMILES string of the molecule is Cc1ccc(NC(=O)C(=O)N/N=C\c2cc(C#N)n(C)c2C)cc1. The molecule has 0 bridgehead atoms. The Balaban J connectivity index is 1.96. The van der Waals surface area contributed by atoms with Crippen molar-refractivity contribution in [3.8, 4) is 6.07 Å². The van der Waals surface area contributed by atoms with Crippen molar-refractivity contribution in [2.75, 3.05) is 5.32 Å². The average molecular weight is 323 g/mol.